The number of hydrogen-bond acceptors (Lipinski definition) is 4. The van der Waals surface area contributed by atoms with Crippen LogP contribution in [-0.4, -0.2) is 63.1 Å². The Morgan fingerprint density at radius 1 is 1.21 bits per heavy atom. The van der Waals surface area contributed by atoms with Crippen molar-refractivity contribution in [2.24, 2.45) is 5.41 Å². The Labute approximate surface area is 195 Å². The van der Waals surface area contributed by atoms with Crippen molar-refractivity contribution in [2.75, 3.05) is 13.2 Å². The molecule has 0 radical (unpaired) electrons. The predicted molar refractivity (Wildman–Crippen MR) is 126 cm³/mol. The number of ether oxygens (including phenoxy) is 1. The van der Waals surface area contributed by atoms with Gasteiger partial charge in [-0.1, -0.05) is 38.8 Å². The summed E-state index contributed by atoms with van der Waals surface area (Å²) in [6.45, 7) is 7.28. The van der Waals surface area contributed by atoms with Gasteiger partial charge in [-0.3, -0.25) is 14.7 Å². The molecule has 2 amide bonds. The van der Waals surface area contributed by atoms with Crippen LogP contribution in [0.1, 0.15) is 69.8 Å². The van der Waals surface area contributed by atoms with Crippen molar-refractivity contribution in [1.82, 2.24) is 20.0 Å². The lowest BCUT2D eigenvalue weighted by Crippen LogP contribution is -2.55. The average molecular weight is 451 g/mol. The molecule has 2 aromatic rings. The van der Waals surface area contributed by atoms with Crippen molar-refractivity contribution in [1.29, 1.82) is 0 Å². The SMILES string of the molecule is CCCOc1ccccc1-c1cc(C(=O)N2C[C@@H]3C[C@@]4(C)[C@H](CCCC[C@@H]24)N3C(C)=O)[nH]n1. The van der Waals surface area contributed by atoms with Crippen molar-refractivity contribution < 1.29 is 14.3 Å². The van der Waals surface area contributed by atoms with E-state index < -0.39 is 0 Å². The lowest BCUT2D eigenvalue weighted by Gasteiger charge is -2.46. The fourth-order valence-corrected chi connectivity index (χ4v) is 6.61. The molecular formula is C26H34N4O3. The Morgan fingerprint density at radius 2 is 1.97 bits per heavy atom. The van der Waals surface area contributed by atoms with E-state index in [-0.39, 0.29) is 35.4 Å². The minimum atomic E-state index is -0.0514. The molecule has 0 unspecified atom stereocenters. The third kappa shape index (κ3) is 3.62. The van der Waals surface area contributed by atoms with E-state index in [2.05, 4.69) is 28.9 Å². The molecule has 1 aromatic heterocycles. The minimum Gasteiger partial charge on any atom is -0.493 e. The fraction of sp³-hybridized carbons (Fsp3) is 0.577. The molecule has 5 rings (SSSR count). The van der Waals surface area contributed by atoms with Crippen molar-refractivity contribution in [3.05, 3.63) is 36.0 Å². The van der Waals surface area contributed by atoms with Gasteiger partial charge in [0.25, 0.3) is 5.91 Å². The smallest absolute Gasteiger partial charge is 0.272 e. The lowest BCUT2D eigenvalue weighted by molar-refractivity contribution is -0.132. The van der Waals surface area contributed by atoms with Gasteiger partial charge in [0.1, 0.15) is 11.4 Å². The zero-order valence-electron chi connectivity index (χ0n) is 19.8. The number of fused-ring (bicyclic) bond motifs is 1. The molecule has 2 saturated heterocycles. The number of nitrogens with zero attached hydrogens (tertiary/aromatic N) is 3. The molecule has 1 saturated carbocycles. The van der Waals surface area contributed by atoms with E-state index in [1.165, 1.54) is 0 Å². The van der Waals surface area contributed by atoms with Gasteiger partial charge in [-0.05, 0) is 43.9 Å². The van der Waals surface area contributed by atoms with Crippen LogP contribution in [0.5, 0.6) is 5.75 Å². The summed E-state index contributed by atoms with van der Waals surface area (Å²) < 4.78 is 5.89. The Hall–Kier alpha value is -2.83. The van der Waals surface area contributed by atoms with E-state index >= 15 is 0 Å². The number of carbonyl (C=O) groups is 2. The van der Waals surface area contributed by atoms with Gasteiger partial charge in [0.2, 0.25) is 5.91 Å². The van der Waals surface area contributed by atoms with Crippen LogP contribution in [0.3, 0.4) is 0 Å². The lowest BCUT2D eigenvalue weighted by atomic mass is 9.71. The first kappa shape index (κ1) is 22.0. The second-order valence-corrected chi connectivity index (χ2v) is 10.1. The molecule has 1 N–H and O–H groups in total. The van der Waals surface area contributed by atoms with E-state index in [1.54, 1.807) is 6.92 Å². The zero-order valence-corrected chi connectivity index (χ0v) is 19.8. The van der Waals surface area contributed by atoms with Crippen LogP contribution in [0.25, 0.3) is 11.3 Å². The Morgan fingerprint density at radius 3 is 2.73 bits per heavy atom. The number of piperidine rings is 1. The van der Waals surface area contributed by atoms with Gasteiger partial charge in [-0.25, -0.2) is 0 Å². The van der Waals surface area contributed by atoms with Crippen LogP contribution in [0.2, 0.25) is 0 Å². The van der Waals surface area contributed by atoms with Crippen LogP contribution >= 0.6 is 0 Å². The summed E-state index contributed by atoms with van der Waals surface area (Å²) in [5, 5.41) is 7.46. The number of amides is 2. The maximum Gasteiger partial charge on any atom is 0.272 e. The number of likely N-dealkylation sites (tertiary alicyclic amines) is 2. The number of rotatable bonds is 5. The largest absolute Gasteiger partial charge is 0.493 e. The van der Waals surface area contributed by atoms with Crippen molar-refractivity contribution in [2.45, 2.75) is 77.4 Å². The molecule has 176 valence electrons. The first-order valence-electron chi connectivity index (χ1n) is 12.3. The Balaban J connectivity index is 1.44. The quantitative estimate of drug-likeness (QED) is 0.738. The van der Waals surface area contributed by atoms with Gasteiger partial charge in [-0.2, -0.15) is 5.10 Å². The number of carbonyl (C=O) groups excluding carboxylic acids is 2. The number of benzene rings is 1. The molecular weight excluding hydrogens is 416 g/mol. The maximum atomic E-state index is 13.8. The molecule has 7 nitrogen and oxygen atoms in total. The van der Waals surface area contributed by atoms with E-state index in [1.807, 2.05) is 35.2 Å². The molecule has 1 aromatic carbocycles. The zero-order chi connectivity index (χ0) is 23.2. The normalized spacial score (nSPS) is 28.5. The standard InChI is InChI=1S/C26H34N4O3/c1-4-13-33-22-10-6-5-9-19(22)20-14-21(28-27-20)25(32)29-16-18-15-26(3)23(29)11-7-8-12-24(26)30(18)17(2)31/h5-6,9-10,14,18,23-24H,4,7-8,11-13,15-16H2,1-3H3,(H,27,28)/t18-,23+,24-,26+/m0/s1. The number of hydrogen-bond donors (Lipinski definition) is 1. The summed E-state index contributed by atoms with van der Waals surface area (Å²) in [4.78, 5) is 30.4. The second kappa shape index (κ2) is 8.50. The summed E-state index contributed by atoms with van der Waals surface area (Å²) in [6, 6.07) is 10.1. The van der Waals surface area contributed by atoms with E-state index in [0.29, 0.717) is 24.5 Å². The monoisotopic (exact) mass is 450 g/mol. The fourth-order valence-electron chi connectivity index (χ4n) is 6.61. The van der Waals surface area contributed by atoms with E-state index in [9.17, 15) is 9.59 Å². The van der Waals surface area contributed by atoms with Gasteiger partial charge >= 0.3 is 0 Å². The van der Waals surface area contributed by atoms with E-state index in [4.69, 9.17) is 4.74 Å². The van der Waals surface area contributed by atoms with Gasteiger partial charge < -0.3 is 14.5 Å². The molecule has 2 aliphatic heterocycles. The van der Waals surface area contributed by atoms with Gasteiger partial charge in [0.15, 0.2) is 0 Å². The highest BCUT2D eigenvalue weighted by Gasteiger charge is 2.60. The number of aromatic nitrogens is 2. The molecule has 3 aliphatic rings. The number of H-pyrrole nitrogens is 1. The van der Waals surface area contributed by atoms with Crippen molar-refractivity contribution >= 4 is 11.8 Å². The summed E-state index contributed by atoms with van der Waals surface area (Å²) in [7, 11) is 0. The summed E-state index contributed by atoms with van der Waals surface area (Å²) in [6.07, 6.45) is 6.14. The molecule has 7 heteroatoms. The van der Waals surface area contributed by atoms with Crippen LogP contribution in [0.15, 0.2) is 30.3 Å². The summed E-state index contributed by atoms with van der Waals surface area (Å²) in [5.74, 6) is 0.890. The van der Waals surface area contributed by atoms with Crippen molar-refractivity contribution in [3.63, 3.8) is 0 Å². The number of aromatic amines is 1. The van der Waals surface area contributed by atoms with Gasteiger partial charge in [-0.15, -0.1) is 0 Å². The Bertz CT molecular complexity index is 1050. The highest BCUT2D eigenvalue weighted by molar-refractivity contribution is 5.94. The number of para-hydroxylation sites is 1. The molecule has 4 atom stereocenters. The highest BCUT2D eigenvalue weighted by atomic mass is 16.5. The molecule has 2 bridgehead atoms. The maximum absolute atomic E-state index is 13.8. The van der Waals surface area contributed by atoms with Gasteiger partial charge in [0.05, 0.1) is 18.3 Å². The molecule has 3 fully saturated rings. The average Bonchev–Trinajstić information content (AvgIpc) is 3.33. The van der Waals surface area contributed by atoms with Crippen LogP contribution in [-0.2, 0) is 4.79 Å². The topological polar surface area (TPSA) is 78.5 Å². The molecule has 0 spiro atoms. The highest BCUT2D eigenvalue weighted by Crippen LogP contribution is 2.53. The predicted octanol–water partition coefficient (Wildman–Crippen LogP) is 4.26. The van der Waals surface area contributed by atoms with E-state index in [0.717, 1.165) is 49.8 Å². The number of nitrogens with one attached hydrogen (secondary N) is 1. The first-order valence-corrected chi connectivity index (χ1v) is 12.3. The third-order valence-corrected chi connectivity index (χ3v) is 7.97. The first-order chi connectivity index (χ1) is 15.9. The van der Waals surface area contributed by atoms with Crippen LogP contribution in [0, 0.1) is 5.41 Å². The summed E-state index contributed by atoms with van der Waals surface area (Å²) >= 11 is 0. The second-order valence-electron chi connectivity index (χ2n) is 10.1. The van der Waals surface area contributed by atoms with Crippen LogP contribution in [0.4, 0.5) is 0 Å². The van der Waals surface area contributed by atoms with Gasteiger partial charge in [0, 0.05) is 36.5 Å². The third-order valence-electron chi connectivity index (χ3n) is 7.97. The van der Waals surface area contributed by atoms with Crippen LogP contribution < -0.4 is 4.74 Å². The minimum absolute atomic E-state index is 0.0207. The Kier molecular flexibility index (Phi) is 5.67. The summed E-state index contributed by atoms with van der Waals surface area (Å²) in [5.41, 5.74) is 2.03. The molecule has 33 heavy (non-hydrogen) atoms. The molecule has 3 heterocycles. The molecule has 1 aliphatic carbocycles. The van der Waals surface area contributed by atoms with Crippen molar-refractivity contribution in [3.8, 4) is 17.0 Å².